The smallest absolute Gasteiger partial charge is 0.411 e. The quantitative estimate of drug-likeness (QED) is 0.416. The van der Waals surface area contributed by atoms with Crippen molar-refractivity contribution in [2.75, 3.05) is 18.9 Å². The van der Waals surface area contributed by atoms with Gasteiger partial charge in [-0.3, -0.25) is 10.3 Å². The van der Waals surface area contributed by atoms with Gasteiger partial charge in [0.25, 0.3) is 0 Å². The molecule has 8 heteroatoms. The maximum absolute atomic E-state index is 12.2. The number of amides is 1. The van der Waals surface area contributed by atoms with E-state index in [-0.39, 0.29) is 24.1 Å². The van der Waals surface area contributed by atoms with Gasteiger partial charge in [-0.25, -0.2) is 4.79 Å². The third-order valence-corrected chi connectivity index (χ3v) is 6.92. The minimum atomic E-state index is -0.505. The Hall–Kier alpha value is -4.46. The lowest BCUT2D eigenvalue weighted by Crippen LogP contribution is -2.33. The van der Waals surface area contributed by atoms with Gasteiger partial charge in [-0.05, 0) is 50.3 Å². The number of hydrogen-bond donors (Lipinski definition) is 2. The van der Waals surface area contributed by atoms with Gasteiger partial charge in [-0.2, -0.15) is 5.10 Å². The van der Waals surface area contributed by atoms with E-state index in [2.05, 4.69) is 76.3 Å². The molecule has 2 aromatic carbocycles. The number of nitrogens with zero attached hydrogens (tertiary/aromatic N) is 4. The van der Waals surface area contributed by atoms with E-state index < -0.39 is 6.09 Å². The van der Waals surface area contributed by atoms with Crippen molar-refractivity contribution in [3.05, 3.63) is 90.4 Å². The zero-order valence-electron chi connectivity index (χ0n) is 22.7. The number of dihydropyridines is 1. The summed E-state index contributed by atoms with van der Waals surface area (Å²) in [4.78, 5) is 19.1. The number of nitrogens with one attached hydrogen (secondary N) is 2. The van der Waals surface area contributed by atoms with Crippen LogP contribution < -0.4 is 10.6 Å². The van der Waals surface area contributed by atoms with E-state index in [4.69, 9.17) is 14.9 Å². The lowest BCUT2D eigenvalue weighted by atomic mass is 9.89. The fourth-order valence-corrected chi connectivity index (χ4v) is 4.90. The number of ether oxygens (including phenoxy) is 1. The highest BCUT2D eigenvalue weighted by atomic mass is 16.6. The Morgan fingerprint density at radius 2 is 1.90 bits per heavy atom. The molecule has 3 unspecified atom stereocenters. The molecule has 2 aliphatic rings. The minimum absolute atomic E-state index is 0.0822. The second-order valence-electron chi connectivity index (χ2n) is 10.1. The molecule has 0 radical (unpaired) electrons. The number of hydrogen-bond acceptors (Lipinski definition) is 7. The molecule has 200 valence electrons. The highest BCUT2D eigenvalue weighted by Gasteiger charge is 2.27. The summed E-state index contributed by atoms with van der Waals surface area (Å²) in [5.41, 5.74) is 3.58. The molecule has 39 heavy (non-hydrogen) atoms. The van der Waals surface area contributed by atoms with Crippen LogP contribution in [0.25, 0.3) is 21.9 Å². The third kappa shape index (κ3) is 5.85. The van der Waals surface area contributed by atoms with Gasteiger partial charge in [0, 0.05) is 36.5 Å². The van der Waals surface area contributed by atoms with Gasteiger partial charge in [0.1, 0.15) is 0 Å². The third-order valence-electron chi connectivity index (χ3n) is 6.92. The Morgan fingerprint density at radius 1 is 1.08 bits per heavy atom. The Morgan fingerprint density at radius 3 is 2.67 bits per heavy atom. The molecule has 0 saturated carbocycles. The maximum atomic E-state index is 12.2. The molecule has 5 rings (SSSR count). The van der Waals surface area contributed by atoms with E-state index in [1.807, 2.05) is 51.1 Å². The van der Waals surface area contributed by atoms with E-state index in [0.29, 0.717) is 12.2 Å². The monoisotopic (exact) mass is 522 g/mol. The van der Waals surface area contributed by atoms with Crippen LogP contribution in [0.5, 0.6) is 0 Å². The standard InChI is InChI=1S/C31H34N6O2/c1-20(2)39-31(38)34-23-17-27(21(3)32-18-23)29-26-15-10-14-25(22-11-6-5-7-12-22)28(26)30(36-35-29)33-19-24-13-8-9-16-37(24)4/h5-18,20-21,24,27H,19H2,1-4H3,(H,33,36)(H,34,38). The van der Waals surface area contributed by atoms with Crippen LogP contribution in [0.15, 0.2) is 89.7 Å². The topological polar surface area (TPSA) is 91.7 Å². The van der Waals surface area contributed by atoms with Crippen LogP contribution in [0.2, 0.25) is 0 Å². The predicted octanol–water partition coefficient (Wildman–Crippen LogP) is 5.67. The molecule has 8 nitrogen and oxygen atoms in total. The van der Waals surface area contributed by atoms with Crippen LogP contribution in [0.3, 0.4) is 0 Å². The van der Waals surface area contributed by atoms with Gasteiger partial charge in [0.15, 0.2) is 5.82 Å². The zero-order valence-corrected chi connectivity index (χ0v) is 22.7. The maximum Gasteiger partial charge on any atom is 0.411 e. The number of carbonyl (C=O) groups excluding carboxylic acids is 1. The SMILES string of the molecule is CC(C)OC(=O)NC1=CC(c2nnc(NCC3C=CC=CN3C)c3c(-c4ccccc4)cccc23)C(C)N=C1. The van der Waals surface area contributed by atoms with Gasteiger partial charge in [-0.15, -0.1) is 5.10 Å². The molecule has 0 spiro atoms. The second kappa shape index (κ2) is 11.5. The van der Waals surface area contributed by atoms with Crippen molar-refractivity contribution in [2.24, 2.45) is 4.99 Å². The summed E-state index contributed by atoms with van der Waals surface area (Å²) >= 11 is 0. The van der Waals surface area contributed by atoms with Crippen molar-refractivity contribution in [2.45, 2.75) is 44.9 Å². The Kier molecular flexibility index (Phi) is 7.72. The van der Waals surface area contributed by atoms with Crippen LogP contribution in [-0.4, -0.2) is 59.2 Å². The Balaban J connectivity index is 1.56. The van der Waals surface area contributed by atoms with Crippen LogP contribution >= 0.6 is 0 Å². The molecule has 0 aliphatic carbocycles. The number of rotatable bonds is 7. The van der Waals surface area contributed by atoms with Gasteiger partial charge in [0.05, 0.1) is 29.6 Å². The number of allylic oxidation sites excluding steroid dienone is 3. The average Bonchev–Trinajstić information content (AvgIpc) is 2.93. The molecule has 1 aromatic heterocycles. The molecule has 3 aromatic rings. The number of carbonyl (C=O) groups is 1. The largest absolute Gasteiger partial charge is 0.447 e. The average molecular weight is 523 g/mol. The van der Waals surface area contributed by atoms with Gasteiger partial charge < -0.3 is 15.0 Å². The molecule has 0 fully saturated rings. The van der Waals surface area contributed by atoms with E-state index in [0.717, 1.165) is 33.4 Å². The van der Waals surface area contributed by atoms with Crippen LogP contribution in [0.4, 0.5) is 10.6 Å². The summed E-state index contributed by atoms with van der Waals surface area (Å²) < 4.78 is 5.25. The Bertz CT molecular complexity index is 1460. The first-order valence-corrected chi connectivity index (χ1v) is 13.3. The van der Waals surface area contributed by atoms with Gasteiger partial charge in [0.2, 0.25) is 0 Å². The van der Waals surface area contributed by atoms with E-state index in [1.165, 1.54) is 0 Å². The number of aliphatic imine (C=N–C) groups is 1. The predicted molar refractivity (Wildman–Crippen MR) is 157 cm³/mol. The molecule has 0 saturated heterocycles. The van der Waals surface area contributed by atoms with Crippen molar-refractivity contribution in [1.82, 2.24) is 20.4 Å². The molecule has 2 aliphatic heterocycles. The molecule has 3 heterocycles. The molecular formula is C31H34N6O2. The first-order valence-electron chi connectivity index (χ1n) is 13.3. The lowest BCUT2D eigenvalue weighted by Gasteiger charge is -2.27. The molecular weight excluding hydrogens is 488 g/mol. The van der Waals surface area contributed by atoms with E-state index in [9.17, 15) is 4.79 Å². The van der Waals surface area contributed by atoms with E-state index in [1.54, 1.807) is 6.21 Å². The summed E-state index contributed by atoms with van der Waals surface area (Å²) in [7, 11) is 2.06. The molecule has 0 bridgehead atoms. The summed E-state index contributed by atoms with van der Waals surface area (Å²) in [6.07, 6.45) is 11.3. The first kappa shape index (κ1) is 26.2. The first-order chi connectivity index (χ1) is 18.9. The van der Waals surface area contributed by atoms with Gasteiger partial charge in [-0.1, -0.05) is 60.7 Å². The molecule has 2 N–H and O–H groups in total. The fraction of sp³-hybridized carbons (Fsp3) is 0.290. The summed E-state index contributed by atoms with van der Waals surface area (Å²) in [5.74, 6) is 0.552. The van der Waals surface area contributed by atoms with Gasteiger partial charge >= 0.3 is 6.09 Å². The number of benzene rings is 2. The number of alkyl carbamates (subject to hydrolysis) is 1. The summed E-state index contributed by atoms with van der Waals surface area (Å²) in [5, 5.41) is 17.8. The minimum Gasteiger partial charge on any atom is -0.447 e. The van der Waals surface area contributed by atoms with Crippen molar-refractivity contribution in [3.63, 3.8) is 0 Å². The number of anilines is 1. The van der Waals surface area contributed by atoms with Crippen molar-refractivity contribution in [1.29, 1.82) is 0 Å². The normalized spacial score (nSPS) is 20.3. The van der Waals surface area contributed by atoms with Crippen molar-refractivity contribution < 1.29 is 9.53 Å². The van der Waals surface area contributed by atoms with E-state index >= 15 is 0 Å². The highest BCUT2D eigenvalue weighted by molar-refractivity contribution is 6.04. The summed E-state index contributed by atoms with van der Waals surface area (Å²) in [6, 6.07) is 16.7. The zero-order chi connectivity index (χ0) is 27.4. The van der Waals surface area contributed by atoms with Crippen molar-refractivity contribution >= 4 is 28.9 Å². The molecule has 3 atom stereocenters. The second-order valence-corrected chi connectivity index (χ2v) is 10.1. The fourth-order valence-electron chi connectivity index (χ4n) is 4.90. The molecule has 1 amide bonds. The lowest BCUT2D eigenvalue weighted by molar-refractivity contribution is 0.118. The van der Waals surface area contributed by atoms with Crippen LogP contribution in [0.1, 0.15) is 32.4 Å². The number of aromatic nitrogens is 2. The number of likely N-dealkylation sites (N-methyl/N-ethyl adjacent to an activating group) is 1. The Labute approximate surface area is 229 Å². The highest BCUT2D eigenvalue weighted by Crippen LogP contribution is 2.38. The van der Waals surface area contributed by atoms with Crippen LogP contribution in [0, 0.1) is 0 Å². The van der Waals surface area contributed by atoms with Crippen LogP contribution in [-0.2, 0) is 4.74 Å². The number of fused-ring (bicyclic) bond motifs is 1. The summed E-state index contributed by atoms with van der Waals surface area (Å²) in [6.45, 7) is 6.35. The van der Waals surface area contributed by atoms with Crippen molar-refractivity contribution in [3.8, 4) is 11.1 Å².